The lowest BCUT2D eigenvalue weighted by Crippen LogP contribution is -2.04. The molecule has 7 nitrogen and oxygen atoms in total. The van der Waals surface area contributed by atoms with Crippen LogP contribution in [0.5, 0.6) is 0 Å². The third-order valence-corrected chi connectivity index (χ3v) is 2.40. The third kappa shape index (κ3) is 3.00. The fourth-order valence-electron chi connectivity index (χ4n) is 1.49. The Balaban J connectivity index is 2.01. The van der Waals surface area contributed by atoms with Crippen LogP contribution in [0.15, 0.2) is 40.8 Å². The molecule has 0 saturated carbocycles. The van der Waals surface area contributed by atoms with E-state index in [9.17, 15) is 14.9 Å². The van der Waals surface area contributed by atoms with E-state index in [0.717, 1.165) is 6.07 Å². The summed E-state index contributed by atoms with van der Waals surface area (Å²) in [6.07, 6.45) is 0. The molecule has 0 bridgehead atoms. The van der Waals surface area contributed by atoms with Gasteiger partial charge in [0.1, 0.15) is 11.5 Å². The minimum absolute atomic E-state index is 0.0527. The molecule has 100 valence electrons. The molecule has 0 saturated heterocycles. The number of benzene rings is 1. The van der Waals surface area contributed by atoms with Crippen molar-refractivity contribution < 1.29 is 18.9 Å². The number of hydrogen-bond donors (Lipinski definition) is 0. The van der Waals surface area contributed by atoms with Crippen molar-refractivity contribution in [2.75, 3.05) is 0 Å². The van der Waals surface area contributed by atoms with Gasteiger partial charge in [-0.1, -0.05) is 12.1 Å². The molecule has 1 heterocycles. The summed E-state index contributed by atoms with van der Waals surface area (Å²) >= 11 is 0. The van der Waals surface area contributed by atoms with Gasteiger partial charge in [0.2, 0.25) is 5.76 Å². The maximum Gasteiger partial charge on any atom is 0.433 e. The molecule has 0 aliphatic rings. The van der Waals surface area contributed by atoms with Crippen molar-refractivity contribution in [2.24, 2.45) is 0 Å². The summed E-state index contributed by atoms with van der Waals surface area (Å²) in [6.45, 7) is -0.0527. The molecule has 0 radical (unpaired) electrons. The summed E-state index contributed by atoms with van der Waals surface area (Å²) < 4.78 is 9.66. The van der Waals surface area contributed by atoms with Gasteiger partial charge in [0.25, 0.3) is 0 Å². The van der Waals surface area contributed by atoms with Crippen LogP contribution in [0, 0.1) is 21.4 Å². The summed E-state index contributed by atoms with van der Waals surface area (Å²) in [6, 6.07) is 10.8. The Morgan fingerprint density at radius 2 is 2.20 bits per heavy atom. The van der Waals surface area contributed by atoms with Crippen LogP contribution in [-0.4, -0.2) is 10.9 Å². The topological polar surface area (TPSA) is 106 Å². The molecule has 2 rings (SSSR count). The number of carbonyl (C=O) groups is 1. The quantitative estimate of drug-likeness (QED) is 0.480. The second kappa shape index (κ2) is 5.67. The van der Waals surface area contributed by atoms with Crippen LogP contribution in [0.25, 0.3) is 0 Å². The molecule has 0 aliphatic carbocycles. The van der Waals surface area contributed by atoms with E-state index in [2.05, 4.69) is 0 Å². The van der Waals surface area contributed by atoms with Gasteiger partial charge in [0.15, 0.2) is 0 Å². The third-order valence-electron chi connectivity index (χ3n) is 2.40. The molecule has 0 amide bonds. The number of nitrogens with zero attached hydrogens (tertiary/aromatic N) is 2. The Labute approximate surface area is 113 Å². The number of esters is 1. The van der Waals surface area contributed by atoms with Gasteiger partial charge >= 0.3 is 11.9 Å². The van der Waals surface area contributed by atoms with Crippen LogP contribution in [0.1, 0.15) is 21.7 Å². The summed E-state index contributed by atoms with van der Waals surface area (Å²) in [5, 5.41) is 19.2. The summed E-state index contributed by atoms with van der Waals surface area (Å²) in [5.41, 5.74) is 1.09. The van der Waals surface area contributed by atoms with E-state index in [1.807, 2.05) is 6.07 Å². The number of carbonyl (C=O) groups excluding carboxylic acids is 1. The van der Waals surface area contributed by atoms with E-state index in [4.69, 9.17) is 14.4 Å². The monoisotopic (exact) mass is 272 g/mol. The SMILES string of the molecule is N#Cc1cccc(COC(=O)c2ccc([N+](=O)[O-])o2)c1. The van der Waals surface area contributed by atoms with Crippen molar-refractivity contribution in [3.05, 3.63) is 63.4 Å². The maximum absolute atomic E-state index is 11.6. The van der Waals surface area contributed by atoms with Gasteiger partial charge in [-0.05, 0) is 23.8 Å². The number of hydrogen-bond acceptors (Lipinski definition) is 6. The van der Waals surface area contributed by atoms with E-state index in [1.165, 1.54) is 6.07 Å². The molecule has 20 heavy (non-hydrogen) atoms. The molecule has 1 aromatic carbocycles. The van der Waals surface area contributed by atoms with Crippen LogP contribution < -0.4 is 0 Å². The van der Waals surface area contributed by atoms with Gasteiger partial charge in [0.05, 0.1) is 17.7 Å². The van der Waals surface area contributed by atoms with Gasteiger partial charge in [-0.3, -0.25) is 10.1 Å². The zero-order valence-electron chi connectivity index (χ0n) is 10.1. The van der Waals surface area contributed by atoms with Crippen molar-refractivity contribution in [1.82, 2.24) is 0 Å². The van der Waals surface area contributed by atoms with E-state index in [1.54, 1.807) is 24.3 Å². The predicted octanol–water partition coefficient (Wildman–Crippen LogP) is 2.42. The van der Waals surface area contributed by atoms with Crippen LogP contribution >= 0.6 is 0 Å². The number of rotatable bonds is 4. The Hall–Kier alpha value is -3.14. The van der Waals surface area contributed by atoms with Crippen LogP contribution in [-0.2, 0) is 11.3 Å². The molecule has 1 aromatic heterocycles. The summed E-state index contributed by atoms with van der Waals surface area (Å²) in [5.74, 6) is -1.57. The predicted molar refractivity (Wildman–Crippen MR) is 65.6 cm³/mol. The molecule has 0 aliphatic heterocycles. The first-order chi connectivity index (χ1) is 9.60. The molecule has 0 unspecified atom stereocenters. The van der Waals surface area contributed by atoms with Crippen LogP contribution in [0.4, 0.5) is 5.88 Å². The number of nitriles is 1. The second-order valence-electron chi connectivity index (χ2n) is 3.78. The standard InChI is InChI=1S/C13H8N2O5/c14-7-9-2-1-3-10(6-9)8-19-13(16)11-4-5-12(20-11)15(17)18/h1-6H,8H2. The number of furan rings is 1. The molecule has 0 N–H and O–H groups in total. The van der Waals surface area contributed by atoms with Gasteiger partial charge in [0, 0.05) is 0 Å². The van der Waals surface area contributed by atoms with E-state index >= 15 is 0 Å². The molecule has 0 spiro atoms. The molecule has 0 atom stereocenters. The van der Waals surface area contributed by atoms with E-state index in [0.29, 0.717) is 11.1 Å². The van der Waals surface area contributed by atoms with Crippen molar-refractivity contribution in [3.8, 4) is 6.07 Å². The first-order valence-corrected chi connectivity index (χ1v) is 5.50. The lowest BCUT2D eigenvalue weighted by molar-refractivity contribution is -0.402. The average Bonchev–Trinajstić information content (AvgIpc) is 2.95. The first-order valence-electron chi connectivity index (χ1n) is 5.50. The van der Waals surface area contributed by atoms with E-state index < -0.39 is 16.8 Å². The fraction of sp³-hybridized carbons (Fsp3) is 0.0769. The Bertz CT molecular complexity index is 699. The summed E-state index contributed by atoms with van der Waals surface area (Å²) in [7, 11) is 0. The normalized spacial score (nSPS) is 9.75. The molecule has 7 heteroatoms. The second-order valence-corrected chi connectivity index (χ2v) is 3.78. The maximum atomic E-state index is 11.6. The lowest BCUT2D eigenvalue weighted by atomic mass is 10.1. The highest BCUT2D eigenvalue weighted by molar-refractivity contribution is 5.86. The van der Waals surface area contributed by atoms with Gasteiger partial charge in [-0.25, -0.2) is 4.79 Å². The smallest absolute Gasteiger partial charge is 0.433 e. The summed E-state index contributed by atoms with van der Waals surface area (Å²) in [4.78, 5) is 21.3. The lowest BCUT2D eigenvalue weighted by Gasteiger charge is -2.02. The minimum Gasteiger partial charge on any atom is -0.455 e. The zero-order valence-corrected chi connectivity index (χ0v) is 10.1. The highest BCUT2D eigenvalue weighted by Gasteiger charge is 2.18. The molecule has 0 fully saturated rings. The van der Waals surface area contributed by atoms with Gasteiger partial charge in [-0.2, -0.15) is 5.26 Å². The van der Waals surface area contributed by atoms with Crippen molar-refractivity contribution >= 4 is 11.9 Å². The Morgan fingerprint density at radius 3 is 2.85 bits per heavy atom. The Kier molecular flexibility index (Phi) is 3.77. The van der Waals surface area contributed by atoms with Crippen molar-refractivity contribution in [3.63, 3.8) is 0 Å². The fourth-order valence-corrected chi connectivity index (χ4v) is 1.49. The largest absolute Gasteiger partial charge is 0.455 e. The minimum atomic E-state index is -0.805. The van der Waals surface area contributed by atoms with E-state index in [-0.39, 0.29) is 12.4 Å². The van der Waals surface area contributed by atoms with Gasteiger partial charge in [-0.15, -0.1) is 0 Å². The van der Waals surface area contributed by atoms with Crippen molar-refractivity contribution in [1.29, 1.82) is 5.26 Å². The average molecular weight is 272 g/mol. The Morgan fingerprint density at radius 1 is 1.40 bits per heavy atom. The first kappa shape index (κ1) is 13.3. The van der Waals surface area contributed by atoms with Crippen molar-refractivity contribution in [2.45, 2.75) is 6.61 Å². The van der Waals surface area contributed by atoms with Crippen LogP contribution in [0.3, 0.4) is 0 Å². The van der Waals surface area contributed by atoms with Gasteiger partial charge < -0.3 is 9.15 Å². The zero-order chi connectivity index (χ0) is 14.5. The molecular formula is C13H8N2O5. The van der Waals surface area contributed by atoms with Crippen LogP contribution in [0.2, 0.25) is 0 Å². The highest BCUT2D eigenvalue weighted by atomic mass is 16.7. The molecule has 2 aromatic rings. The number of nitro groups is 1. The molecular weight excluding hydrogens is 264 g/mol. The highest BCUT2D eigenvalue weighted by Crippen LogP contribution is 2.17. The number of ether oxygens (including phenoxy) is 1.